The second-order valence-electron chi connectivity index (χ2n) is 4.20. The zero-order valence-electron chi connectivity index (χ0n) is 10.9. The Labute approximate surface area is 118 Å². The molecule has 0 aliphatic heterocycles. The maximum atomic E-state index is 13.1. The Hall–Kier alpha value is -2.57. The van der Waals surface area contributed by atoms with Gasteiger partial charge in [0.2, 0.25) is 0 Å². The summed E-state index contributed by atoms with van der Waals surface area (Å²) < 4.78 is 44.2. The summed E-state index contributed by atoms with van der Waals surface area (Å²) in [5, 5.41) is 0. The van der Waals surface area contributed by atoms with E-state index >= 15 is 0 Å². The van der Waals surface area contributed by atoms with Crippen molar-refractivity contribution in [3.8, 4) is 16.9 Å². The first-order chi connectivity index (χ1) is 9.82. The molecule has 110 valence electrons. The molecule has 2 rings (SSSR count). The number of hydrogen-bond donors (Lipinski definition) is 1. The van der Waals surface area contributed by atoms with E-state index in [9.17, 15) is 18.0 Å². The molecule has 0 atom stereocenters. The van der Waals surface area contributed by atoms with Crippen molar-refractivity contribution >= 4 is 5.91 Å². The van der Waals surface area contributed by atoms with Crippen molar-refractivity contribution in [3.63, 3.8) is 0 Å². The third-order valence-electron chi connectivity index (χ3n) is 2.86. The number of ether oxygens (including phenoxy) is 1. The van der Waals surface area contributed by atoms with Gasteiger partial charge in [-0.25, -0.2) is 0 Å². The minimum atomic E-state index is -4.53. The van der Waals surface area contributed by atoms with Crippen LogP contribution in [0.3, 0.4) is 0 Å². The van der Waals surface area contributed by atoms with E-state index in [1.807, 2.05) is 0 Å². The average molecular weight is 296 g/mol. The molecule has 0 aliphatic carbocycles. The maximum Gasteiger partial charge on any atom is 0.417 e. The van der Waals surface area contributed by atoms with Crippen molar-refractivity contribution in [1.82, 2.24) is 4.98 Å². The lowest BCUT2D eigenvalue weighted by molar-refractivity contribution is -0.137. The van der Waals surface area contributed by atoms with E-state index < -0.39 is 17.6 Å². The molecule has 2 aromatic rings. The number of carbonyl (C=O) groups excluding carboxylic acids is 1. The normalized spacial score (nSPS) is 11.2. The third-order valence-corrected chi connectivity index (χ3v) is 2.86. The highest BCUT2D eigenvalue weighted by Gasteiger charge is 2.34. The SMILES string of the molecule is COc1ccc(C(F)(F)F)c(-c2ccnc(C(N)=O)c2)c1. The molecule has 1 aromatic heterocycles. The highest BCUT2D eigenvalue weighted by molar-refractivity contribution is 5.92. The zero-order chi connectivity index (χ0) is 15.6. The molecule has 2 N–H and O–H groups in total. The van der Waals surface area contributed by atoms with Gasteiger partial charge in [-0.15, -0.1) is 0 Å². The first-order valence-corrected chi connectivity index (χ1v) is 5.84. The van der Waals surface area contributed by atoms with Crippen LogP contribution in [0.1, 0.15) is 16.1 Å². The molecule has 0 fully saturated rings. The van der Waals surface area contributed by atoms with Crippen LogP contribution in [-0.4, -0.2) is 18.0 Å². The lowest BCUT2D eigenvalue weighted by atomic mass is 9.99. The van der Waals surface area contributed by atoms with Crippen LogP contribution in [0.5, 0.6) is 5.75 Å². The van der Waals surface area contributed by atoms with Gasteiger partial charge in [0.25, 0.3) is 5.91 Å². The lowest BCUT2D eigenvalue weighted by Gasteiger charge is -2.14. The van der Waals surface area contributed by atoms with Gasteiger partial charge >= 0.3 is 6.18 Å². The van der Waals surface area contributed by atoms with Crippen molar-refractivity contribution in [2.24, 2.45) is 5.73 Å². The van der Waals surface area contributed by atoms with Gasteiger partial charge in [-0.2, -0.15) is 13.2 Å². The number of halogens is 3. The number of primary amides is 1. The van der Waals surface area contributed by atoms with E-state index in [1.54, 1.807) is 0 Å². The Kier molecular flexibility index (Phi) is 3.84. The van der Waals surface area contributed by atoms with Crippen molar-refractivity contribution in [2.45, 2.75) is 6.18 Å². The van der Waals surface area contributed by atoms with Gasteiger partial charge < -0.3 is 10.5 Å². The molecular formula is C14H11F3N2O2. The Morgan fingerprint density at radius 1 is 1.24 bits per heavy atom. The predicted octanol–water partition coefficient (Wildman–Crippen LogP) is 2.87. The van der Waals surface area contributed by atoms with E-state index in [1.165, 1.54) is 37.6 Å². The Bertz CT molecular complexity index is 684. The number of hydrogen-bond acceptors (Lipinski definition) is 3. The van der Waals surface area contributed by atoms with Crippen LogP contribution in [0.25, 0.3) is 11.1 Å². The van der Waals surface area contributed by atoms with E-state index in [2.05, 4.69) is 4.98 Å². The monoisotopic (exact) mass is 296 g/mol. The first-order valence-electron chi connectivity index (χ1n) is 5.84. The maximum absolute atomic E-state index is 13.1. The number of nitrogens with zero attached hydrogens (tertiary/aromatic N) is 1. The van der Waals surface area contributed by atoms with Gasteiger partial charge in [0.15, 0.2) is 0 Å². The Morgan fingerprint density at radius 3 is 2.52 bits per heavy atom. The molecule has 0 unspecified atom stereocenters. The minimum Gasteiger partial charge on any atom is -0.497 e. The summed E-state index contributed by atoms with van der Waals surface area (Å²) >= 11 is 0. The highest BCUT2D eigenvalue weighted by atomic mass is 19.4. The molecule has 1 heterocycles. The number of alkyl halides is 3. The second kappa shape index (κ2) is 5.43. The molecule has 1 amide bonds. The molecule has 0 radical (unpaired) electrons. The largest absolute Gasteiger partial charge is 0.497 e. The fourth-order valence-electron chi connectivity index (χ4n) is 1.87. The number of methoxy groups -OCH3 is 1. The molecule has 4 nitrogen and oxygen atoms in total. The van der Waals surface area contributed by atoms with Gasteiger partial charge in [0.1, 0.15) is 11.4 Å². The summed E-state index contributed by atoms with van der Waals surface area (Å²) in [6, 6.07) is 5.99. The highest BCUT2D eigenvalue weighted by Crippen LogP contribution is 2.38. The van der Waals surface area contributed by atoms with Crippen molar-refractivity contribution in [1.29, 1.82) is 0 Å². The van der Waals surface area contributed by atoms with Crippen LogP contribution >= 0.6 is 0 Å². The number of carbonyl (C=O) groups is 1. The van der Waals surface area contributed by atoms with E-state index in [0.29, 0.717) is 0 Å². The topological polar surface area (TPSA) is 65.2 Å². The van der Waals surface area contributed by atoms with Gasteiger partial charge in [0.05, 0.1) is 12.7 Å². The molecule has 0 aliphatic rings. The number of pyridine rings is 1. The van der Waals surface area contributed by atoms with Crippen molar-refractivity contribution in [2.75, 3.05) is 7.11 Å². The molecule has 0 saturated carbocycles. The summed E-state index contributed by atoms with van der Waals surface area (Å²) in [5.41, 5.74) is 4.24. The summed E-state index contributed by atoms with van der Waals surface area (Å²) in [6.45, 7) is 0. The summed E-state index contributed by atoms with van der Waals surface area (Å²) in [6.07, 6.45) is -3.30. The van der Waals surface area contributed by atoms with E-state index in [-0.39, 0.29) is 22.6 Å². The van der Waals surface area contributed by atoms with Crippen LogP contribution < -0.4 is 10.5 Å². The second-order valence-corrected chi connectivity index (χ2v) is 4.20. The number of benzene rings is 1. The molecule has 21 heavy (non-hydrogen) atoms. The van der Waals surface area contributed by atoms with Crippen LogP contribution in [0.15, 0.2) is 36.5 Å². The average Bonchev–Trinajstić information content (AvgIpc) is 2.45. The fourth-order valence-corrected chi connectivity index (χ4v) is 1.87. The molecule has 0 bridgehead atoms. The quantitative estimate of drug-likeness (QED) is 0.947. The number of amides is 1. The van der Waals surface area contributed by atoms with Gasteiger partial charge in [-0.05, 0) is 41.5 Å². The summed E-state index contributed by atoms with van der Waals surface area (Å²) in [5.74, 6) is -0.538. The number of aromatic nitrogens is 1. The minimum absolute atomic E-state index is 0.105. The van der Waals surface area contributed by atoms with Crippen molar-refractivity contribution < 1.29 is 22.7 Å². The molecule has 1 aromatic carbocycles. The smallest absolute Gasteiger partial charge is 0.417 e. The van der Waals surface area contributed by atoms with Crippen LogP contribution in [0.2, 0.25) is 0 Å². The summed E-state index contributed by atoms with van der Waals surface area (Å²) in [7, 11) is 1.35. The van der Waals surface area contributed by atoms with Crippen LogP contribution in [-0.2, 0) is 6.18 Å². The summed E-state index contributed by atoms with van der Waals surface area (Å²) in [4.78, 5) is 14.8. The van der Waals surface area contributed by atoms with E-state index in [4.69, 9.17) is 10.5 Å². The molecule has 0 spiro atoms. The van der Waals surface area contributed by atoms with Gasteiger partial charge in [-0.3, -0.25) is 9.78 Å². The zero-order valence-corrected chi connectivity index (χ0v) is 10.9. The van der Waals surface area contributed by atoms with Gasteiger partial charge in [0, 0.05) is 6.20 Å². The number of nitrogens with two attached hydrogens (primary N) is 1. The lowest BCUT2D eigenvalue weighted by Crippen LogP contribution is -2.13. The third kappa shape index (κ3) is 3.13. The number of rotatable bonds is 3. The van der Waals surface area contributed by atoms with Crippen LogP contribution in [0, 0.1) is 0 Å². The van der Waals surface area contributed by atoms with E-state index in [0.717, 1.165) is 6.07 Å². The Balaban J connectivity index is 2.66. The molecule has 0 saturated heterocycles. The van der Waals surface area contributed by atoms with Crippen LogP contribution in [0.4, 0.5) is 13.2 Å². The Morgan fingerprint density at radius 2 is 1.95 bits per heavy atom. The fraction of sp³-hybridized carbons (Fsp3) is 0.143. The first kappa shape index (κ1) is 14.8. The van der Waals surface area contributed by atoms with Crippen molar-refractivity contribution in [3.05, 3.63) is 47.8 Å². The molecule has 7 heteroatoms. The predicted molar refractivity (Wildman–Crippen MR) is 69.7 cm³/mol. The van der Waals surface area contributed by atoms with Gasteiger partial charge in [-0.1, -0.05) is 0 Å². The standard InChI is InChI=1S/C14H11F3N2O2/c1-21-9-2-3-11(14(15,16)17)10(7-9)8-4-5-19-12(6-8)13(18)20/h2-7H,1H3,(H2,18,20). The molecular weight excluding hydrogens is 285 g/mol.